The maximum Gasteiger partial charge on any atom is 0.335 e. The van der Waals surface area contributed by atoms with E-state index in [-0.39, 0.29) is 5.56 Å². The molecule has 0 saturated carbocycles. The van der Waals surface area contributed by atoms with E-state index < -0.39 is 18.4 Å². The molecule has 98 valence electrons. The number of benzene rings is 1. The Hall–Kier alpha value is -1.49. The molecule has 0 unspecified atom stereocenters. The molecule has 0 aromatic heterocycles. The lowest BCUT2D eigenvalue weighted by Gasteiger charge is -2.23. The summed E-state index contributed by atoms with van der Waals surface area (Å²) >= 11 is 0. The minimum atomic E-state index is -2.34. The van der Waals surface area contributed by atoms with Gasteiger partial charge in [0.1, 0.15) is 0 Å². The van der Waals surface area contributed by atoms with Gasteiger partial charge in [0, 0.05) is 6.54 Å². The van der Waals surface area contributed by atoms with E-state index >= 15 is 0 Å². The first-order valence-corrected chi connectivity index (χ1v) is 5.92. The zero-order chi connectivity index (χ0) is 13.1. The van der Waals surface area contributed by atoms with Crippen molar-refractivity contribution in [3.63, 3.8) is 0 Å². The summed E-state index contributed by atoms with van der Waals surface area (Å²) < 4.78 is 25.5. The molecule has 5 heteroatoms. The van der Waals surface area contributed by atoms with Crippen LogP contribution in [0.25, 0.3) is 0 Å². The normalized spacial score (nSPS) is 20.5. The van der Waals surface area contributed by atoms with Crippen LogP contribution in [0.5, 0.6) is 0 Å². The van der Waals surface area contributed by atoms with Gasteiger partial charge in [-0.15, -0.1) is 0 Å². The van der Waals surface area contributed by atoms with Crippen molar-refractivity contribution in [1.29, 1.82) is 0 Å². The van der Waals surface area contributed by atoms with Crippen LogP contribution >= 0.6 is 0 Å². The van der Waals surface area contributed by atoms with Crippen molar-refractivity contribution >= 4 is 5.97 Å². The van der Waals surface area contributed by atoms with Crippen molar-refractivity contribution < 1.29 is 18.7 Å². The molecule has 1 aliphatic rings. The van der Waals surface area contributed by atoms with E-state index in [0.29, 0.717) is 19.5 Å². The predicted molar refractivity (Wildman–Crippen MR) is 62.8 cm³/mol. The molecule has 1 aromatic carbocycles. The van der Waals surface area contributed by atoms with Crippen molar-refractivity contribution in [3.05, 3.63) is 35.4 Å². The molecule has 18 heavy (non-hydrogen) atoms. The molecule has 1 fully saturated rings. The highest BCUT2D eigenvalue weighted by molar-refractivity contribution is 5.87. The molecular weight excluding hydrogens is 240 g/mol. The maximum atomic E-state index is 12.8. The molecule has 1 aliphatic heterocycles. The second-order valence-corrected chi connectivity index (χ2v) is 4.52. The lowest BCUT2D eigenvalue weighted by molar-refractivity contribution is 0.0439. The number of carbonyl (C=O) groups is 1. The van der Waals surface area contributed by atoms with Gasteiger partial charge in [0.25, 0.3) is 6.43 Å². The monoisotopic (exact) mass is 255 g/mol. The molecule has 1 aromatic rings. The molecule has 1 heterocycles. The summed E-state index contributed by atoms with van der Waals surface area (Å²) in [6, 6.07) is 5.77. The Kier molecular flexibility index (Phi) is 3.91. The number of likely N-dealkylation sites (tertiary alicyclic amines) is 1. The summed E-state index contributed by atoms with van der Waals surface area (Å²) in [6.45, 7) is 1.03. The van der Waals surface area contributed by atoms with Crippen LogP contribution in [0.4, 0.5) is 8.78 Å². The molecule has 0 spiro atoms. The Morgan fingerprint density at radius 2 is 2.28 bits per heavy atom. The Labute approximate surface area is 104 Å². The molecule has 3 nitrogen and oxygen atoms in total. The zero-order valence-corrected chi connectivity index (χ0v) is 9.85. The van der Waals surface area contributed by atoms with Crippen LogP contribution in [0.1, 0.15) is 28.8 Å². The fraction of sp³-hybridized carbons (Fsp3) is 0.462. The average molecular weight is 255 g/mol. The second-order valence-electron chi connectivity index (χ2n) is 4.52. The number of aromatic carboxylic acids is 1. The topological polar surface area (TPSA) is 40.5 Å². The molecular formula is C13H15F2NO2. The Bertz CT molecular complexity index is 437. The van der Waals surface area contributed by atoms with E-state index in [0.717, 1.165) is 12.0 Å². The summed E-state index contributed by atoms with van der Waals surface area (Å²) in [7, 11) is 0. The number of alkyl halides is 2. The summed E-state index contributed by atoms with van der Waals surface area (Å²) in [5, 5.41) is 8.88. The zero-order valence-electron chi connectivity index (χ0n) is 9.85. The third-order valence-corrected chi connectivity index (χ3v) is 3.26. The highest BCUT2D eigenvalue weighted by Crippen LogP contribution is 2.24. The molecule has 2 rings (SSSR count). The van der Waals surface area contributed by atoms with Gasteiger partial charge >= 0.3 is 5.97 Å². The fourth-order valence-corrected chi connectivity index (χ4v) is 2.37. The SMILES string of the molecule is O=C(O)c1cccc(CN2CCC[C@@H]2C(F)F)c1. The number of halogens is 2. The fourth-order valence-electron chi connectivity index (χ4n) is 2.37. The van der Waals surface area contributed by atoms with Crippen LogP contribution in [0.3, 0.4) is 0 Å². The second kappa shape index (κ2) is 5.44. The van der Waals surface area contributed by atoms with E-state index in [4.69, 9.17) is 5.11 Å². The molecule has 0 radical (unpaired) electrons. The van der Waals surface area contributed by atoms with Crippen molar-refractivity contribution in [3.8, 4) is 0 Å². The predicted octanol–water partition coefficient (Wildman–Crippen LogP) is 2.61. The Balaban J connectivity index is 2.09. The summed E-state index contributed by atoms with van der Waals surface area (Å²) in [6.07, 6.45) is -1.06. The van der Waals surface area contributed by atoms with Crippen LogP contribution in [0.15, 0.2) is 24.3 Å². The van der Waals surface area contributed by atoms with Gasteiger partial charge in [-0.1, -0.05) is 12.1 Å². The number of hydrogen-bond donors (Lipinski definition) is 1. The van der Waals surface area contributed by atoms with Crippen LogP contribution in [0.2, 0.25) is 0 Å². The Morgan fingerprint density at radius 3 is 2.94 bits per heavy atom. The van der Waals surface area contributed by atoms with Gasteiger partial charge in [-0.3, -0.25) is 4.90 Å². The van der Waals surface area contributed by atoms with Crippen LogP contribution in [-0.2, 0) is 6.54 Å². The first-order chi connectivity index (χ1) is 8.58. The minimum absolute atomic E-state index is 0.195. The number of hydrogen-bond acceptors (Lipinski definition) is 2. The minimum Gasteiger partial charge on any atom is -0.478 e. The number of rotatable bonds is 4. The van der Waals surface area contributed by atoms with E-state index in [1.165, 1.54) is 6.07 Å². The summed E-state index contributed by atoms with van der Waals surface area (Å²) in [4.78, 5) is 12.6. The summed E-state index contributed by atoms with van der Waals surface area (Å²) in [5.74, 6) is -0.997. The first kappa shape index (κ1) is 13.0. The van der Waals surface area contributed by atoms with Gasteiger partial charge in [0.05, 0.1) is 11.6 Å². The van der Waals surface area contributed by atoms with Gasteiger partial charge < -0.3 is 5.11 Å². The molecule has 1 saturated heterocycles. The van der Waals surface area contributed by atoms with Gasteiger partial charge in [0.15, 0.2) is 0 Å². The molecule has 1 atom stereocenters. The van der Waals surface area contributed by atoms with Gasteiger partial charge in [-0.05, 0) is 37.1 Å². The standard InChI is InChI=1S/C13H15F2NO2/c14-12(15)11-5-2-6-16(11)8-9-3-1-4-10(7-9)13(17)18/h1,3-4,7,11-12H,2,5-6,8H2,(H,17,18)/t11-/m1/s1. The highest BCUT2D eigenvalue weighted by Gasteiger charge is 2.31. The van der Waals surface area contributed by atoms with Gasteiger partial charge in [-0.2, -0.15) is 0 Å². The molecule has 0 aliphatic carbocycles. The maximum absolute atomic E-state index is 12.8. The lowest BCUT2D eigenvalue weighted by Crippen LogP contribution is -2.34. The quantitative estimate of drug-likeness (QED) is 0.899. The first-order valence-electron chi connectivity index (χ1n) is 5.92. The Morgan fingerprint density at radius 1 is 1.50 bits per heavy atom. The van der Waals surface area contributed by atoms with Gasteiger partial charge in [-0.25, -0.2) is 13.6 Å². The van der Waals surface area contributed by atoms with Crippen molar-refractivity contribution in [2.45, 2.75) is 31.9 Å². The van der Waals surface area contributed by atoms with E-state index in [1.807, 2.05) is 0 Å². The number of nitrogens with zero attached hydrogens (tertiary/aromatic N) is 1. The van der Waals surface area contributed by atoms with E-state index in [1.54, 1.807) is 23.1 Å². The van der Waals surface area contributed by atoms with Crippen molar-refractivity contribution in [1.82, 2.24) is 4.90 Å². The smallest absolute Gasteiger partial charge is 0.335 e. The van der Waals surface area contributed by atoms with Gasteiger partial charge in [0.2, 0.25) is 0 Å². The third-order valence-electron chi connectivity index (χ3n) is 3.26. The number of carboxylic acid groups (broad SMARTS) is 1. The van der Waals surface area contributed by atoms with Crippen molar-refractivity contribution in [2.75, 3.05) is 6.54 Å². The molecule has 1 N–H and O–H groups in total. The average Bonchev–Trinajstić information content (AvgIpc) is 2.77. The molecule has 0 bridgehead atoms. The number of carboxylic acids is 1. The van der Waals surface area contributed by atoms with Crippen LogP contribution in [-0.4, -0.2) is 35.0 Å². The van der Waals surface area contributed by atoms with Crippen LogP contribution < -0.4 is 0 Å². The van der Waals surface area contributed by atoms with Crippen molar-refractivity contribution in [2.24, 2.45) is 0 Å². The highest BCUT2D eigenvalue weighted by atomic mass is 19.3. The van der Waals surface area contributed by atoms with Crippen LogP contribution in [0, 0.1) is 0 Å². The third kappa shape index (κ3) is 2.85. The van der Waals surface area contributed by atoms with E-state index in [2.05, 4.69) is 0 Å². The van der Waals surface area contributed by atoms with E-state index in [9.17, 15) is 13.6 Å². The summed E-state index contributed by atoms with van der Waals surface area (Å²) in [5.41, 5.74) is 0.961. The molecule has 0 amide bonds. The lowest BCUT2D eigenvalue weighted by atomic mass is 10.1. The largest absolute Gasteiger partial charge is 0.478 e.